The third-order valence-electron chi connectivity index (χ3n) is 5.04. The summed E-state index contributed by atoms with van der Waals surface area (Å²) in [5.74, 6) is -1.05. The number of hydrogen-bond donors (Lipinski definition) is 2. The van der Waals surface area contributed by atoms with Crippen LogP contribution < -0.4 is 14.9 Å². The van der Waals surface area contributed by atoms with Crippen LogP contribution in [0.15, 0.2) is 60.7 Å². The Bertz CT molecular complexity index is 1280. The lowest BCUT2D eigenvalue weighted by molar-refractivity contribution is -0.124. The summed E-state index contributed by atoms with van der Waals surface area (Å²) in [5, 5.41) is 4.93. The van der Waals surface area contributed by atoms with Gasteiger partial charge in [0.25, 0.3) is 0 Å². The first-order valence-corrected chi connectivity index (χ1v) is 11.7. The minimum absolute atomic E-state index is 0.00101. The molecule has 7 nitrogen and oxygen atoms in total. The summed E-state index contributed by atoms with van der Waals surface area (Å²) in [6.07, 6.45) is -0.310. The number of amides is 2. The molecule has 0 unspecified atom stereocenters. The van der Waals surface area contributed by atoms with Crippen LogP contribution in [0.25, 0.3) is 10.8 Å². The van der Waals surface area contributed by atoms with E-state index in [1.54, 1.807) is 30.3 Å². The van der Waals surface area contributed by atoms with Gasteiger partial charge in [-0.1, -0.05) is 60.1 Å². The summed E-state index contributed by atoms with van der Waals surface area (Å²) in [7, 11) is -3.66. The molecular formula is C22H20ClN3O4S. The van der Waals surface area contributed by atoms with Crippen LogP contribution in [-0.2, 0) is 25.4 Å². The summed E-state index contributed by atoms with van der Waals surface area (Å²) in [6, 6.07) is 17.9. The minimum Gasteiger partial charge on any atom is -0.323 e. The average Bonchev–Trinajstić information content (AvgIpc) is 2.85. The Hall–Kier alpha value is -2.94. The number of benzene rings is 3. The Morgan fingerprint density at radius 1 is 1.00 bits per heavy atom. The lowest BCUT2D eigenvalue weighted by atomic mass is 10.1. The maximum absolute atomic E-state index is 12.7. The molecule has 0 spiro atoms. The third-order valence-corrected chi connectivity index (χ3v) is 6.74. The van der Waals surface area contributed by atoms with Crippen LogP contribution in [0.1, 0.15) is 12.0 Å². The molecule has 1 aliphatic heterocycles. The molecule has 31 heavy (non-hydrogen) atoms. The lowest BCUT2D eigenvalue weighted by Gasteiger charge is -2.23. The number of nitrogens with zero attached hydrogens (tertiary/aromatic N) is 1. The van der Waals surface area contributed by atoms with E-state index in [1.165, 1.54) is 4.90 Å². The summed E-state index contributed by atoms with van der Waals surface area (Å²) in [5.41, 5.74) is 1.59. The maximum atomic E-state index is 12.7. The van der Waals surface area contributed by atoms with E-state index >= 15 is 0 Å². The Morgan fingerprint density at radius 2 is 1.74 bits per heavy atom. The zero-order chi connectivity index (χ0) is 22.0. The first kappa shape index (κ1) is 21.3. The molecule has 160 valence electrons. The van der Waals surface area contributed by atoms with Crippen molar-refractivity contribution in [2.45, 2.75) is 12.2 Å². The highest BCUT2D eigenvalue weighted by molar-refractivity contribution is 7.88. The zero-order valence-corrected chi connectivity index (χ0v) is 18.0. The van der Waals surface area contributed by atoms with Crippen molar-refractivity contribution in [2.24, 2.45) is 0 Å². The quantitative estimate of drug-likeness (QED) is 0.555. The standard InChI is InChI=1S/C22H20ClN3O4S/c23-18-8-4-2-6-16(18)14-31(29,30)24-11-12-26-19-10-9-15-5-1-3-7-17(15)22(19)25-20(27)13-21(26)28/h1-10,24H,11-14H2,(H,25,27). The van der Waals surface area contributed by atoms with Crippen LogP contribution in [0.3, 0.4) is 0 Å². The SMILES string of the molecule is O=C1CC(=O)N(CCNS(=O)(=O)Cc2ccccc2Cl)c2ccc3ccccc3c2N1. The molecule has 0 fully saturated rings. The smallest absolute Gasteiger partial charge is 0.236 e. The molecule has 3 aromatic carbocycles. The highest BCUT2D eigenvalue weighted by Crippen LogP contribution is 2.36. The zero-order valence-electron chi connectivity index (χ0n) is 16.5. The van der Waals surface area contributed by atoms with E-state index in [9.17, 15) is 18.0 Å². The summed E-state index contributed by atoms with van der Waals surface area (Å²) < 4.78 is 27.5. The second kappa shape index (κ2) is 8.66. The van der Waals surface area contributed by atoms with Gasteiger partial charge in [-0.25, -0.2) is 13.1 Å². The van der Waals surface area contributed by atoms with Crippen LogP contribution in [0.5, 0.6) is 0 Å². The van der Waals surface area contributed by atoms with Crippen molar-refractivity contribution in [3.63, 3.8) is 0 Å². The number of fused-ring (bicyclic) bond motifs is 3. The van der Waals surface area contributed by atoms with Gasteiger partial charge in [0, 0.05) is 23.5 Å². The van der Waals surface area contributed by atoms with Gasteiger partial charge in [0.05, 0.1) is 17.1 Å². The van der Waals surface area contributed by atoms with E-state index in [2.05, 4.69) is 10.0 Å². The predicted molar refractivity (Wildman–Crippen MR) is 122 cm³/mol. The van der Waals surface area contributed by atoms with Gasteiger partial charge >= 0.3 is 0 Å². The van der Waals surface area contributed by atoms with E-state index in [1.807, 2.05) is 30.3 Å². The first-order valence-electron chi connectivity index (χ1n) is 9.67. The summed E-state index contributed by atoms with van der Waals surface area (Å²) in [6.45, 7) is 0.0832. The molecule has 1 heterocycles. The largest absolute Gasteiger partial charge is 0.323 e. The number of nitrogens with one attached hydrogen (secondary N) is 2. The van der Waals surface area contributed by atoms with Gasteiger partial charge in [0.15, 0.2) is 0 Å². The average molecular weight is 458 g/mol. The molecule has 1 aliphatic rings. The van der Waals surface area contributed by atoms with Gasteiger partial charge in [0.2, 0.25) is 21.8 Å². The highest BCUT2D eigenvalue weighted by Gasteiger charge is 2.27. The normalized spacial score (nSPS) is 14.3. The Morgan fingerprint density at radius 3 is 2.55 bits per heavy atom. The first-order chi connectivity index (χ1) is 14.8. The van der Waals surface area contributed by atoms with E-state index in [0.717, 1.165) is 10.8 Å². The van der Waals surface area contributed by atoms with E-state index in [4.69, 9.17) is 11.6 Å². The van der Waals surface area contributed by atoms with E-state index in [0.29, 0.717) is 22.0 Å². The molecule has 0 saturated carbocycles. The molecule has 0 bridgehead atoms. The third kappa shape index (κ3) is 4.71. The fourth-order valence-corrected chi connectivity index (χ4v) is 5.04. The minimum atomic E-state index is -3.66. The summed E-state index contributed by atoms with van der Waals surface area (Å²) in [4.78, 5) is 26.4. The number of sulfonamides is 1. The Balaban J connectivity index is 1.54. The molecule has 9 heteroatoms. The molecule has 3 aromatic rings. The second-order valence-electron chi connectivity index (χ2n) is 7.20. The van der Waals surface area contributed by atoms with Crippen LogP contribution in [0, 0.1) is 0 Å². The predicted octanol–water partition coefficient (Wildman–Crippen LogP) is 3.29. The number of rotatable bonds is 6. The lowest BCUT2D eigenvalue weighted by Crippen LogP contribution is -2.39. The number of carbonyl (C=O) groups is 2. The fourth-order valence-electron chi connectivity index (χ4n) is 3.60. The van der Waals surface area contributed by atoms with Crippen LogP contribution in [0.4, 0.5) is 11.4 Å². The van der Waals surface area contributed by atoms with Gasteiger partial charge in [-0.3, -0.25) is 9.59 Å². The Kier molecular flexibility index (Phi) is 5.95. The highest BCUT2D eigenvalue weighted by atomic mass is 35.5. The van der Waals surface area contributed by atoms with Gasteiger partial charge in [-0.15, -0.1) is 0 Å². The Labute approximate surface area is 185 Å². The maximum Gasteiger partial charge on any atom is 0.236 e. The molecule has 0 radical (unpaired) electrons. The molecule has 2 amide bonds. The van der Waals surface area contributed by atoms with Crippen molar-refractivity contribution in [3.8, 4) is 0 Å². The van der Waals surface area contributed by atoms with Gasteiger partial charge in [-0.2, -0.15) is 0 Å². The number of hydrogen-bond acceptors (Lipinski definition) is 4. The van der Waals surface area contributed by atoms with Crippen molar-refractivity contribution in [1.82, 2.24) is 4.72 Å². The molecule has 0 atom stereocenters. The van der Waals surface area contributed by atoms with Crippen LogP contribution >= 0.6 is 11.6 Å². The second-order valence-corrected chi connectivity index (χ2v) is 9.41. The molecule has 0 aromatic heterocycles. The molecule has 0 saturated heterocycles. The van der Waals surface area contributed by atoms with Crippen LogP contribution in [-0.4, -0.2) is 33.3 Å². The monoisotopic (exact) mass is 457 g/mol. The van der Waals surface area contributed by atoms with Gasteiger partial charge < -0.3 is 10.2 Å². The number of halogens is 1. The molecular weight excluding hydrogens is 438 g/mol. The molecule has 2 N–H and O–H groups in total. The van der Waals surface area contributed by atoms with Crippen molar-refractivity contribution in [3.05, 3.63) is 71.2 Å². The summed E-state index contributed by atoms with van der Waals surface area (Å²) >= 11 is 6.06. The van der Waals surface area contributed by atoms with Crippen molar-refractivity contribution in [1.29, 1.82) is 0 Å². The molecule has 0 aliphatic carbocycles. The van der Waals surface area contributed by atoms with E-state index in [-0.39, 0.29) is 25.3 Å². The van der Waals surface area contributed by atoms with Gasteiger partial charge in [0.1, 0.15) is 6.42 Å². The fraction of sp³-hybridized carbons (Fsp3) is 0.182. The molecule has 4 rings (SSSR count). The van der Waals surface area contributed by atoms with Crippen molar-refractivity contribution >= 4 is 55.6 Å². The van der Waals surface area contributed by atoms with E-state index < -0.39 is 21.8 Å². The number of anilines is 2. The van der Waals surface area contributed by atoms with Crippen LogP contribution in [0.2, 0.25) is 5.02 Å². The topological polar surface area (TPSA) is 95.6 Å². The van der Waals surface area contributed by atoms with Crippen molar-refractivity contribution in [2.75, 3.05) is 23.3 Å². The number of carbonyl (C=O) groups excluding carboxylic acids is 2. The van der Waals surface area contributed by atoms with Gasteiger partial charge in [-0.05, 0) is 23.1 Å². The van der Waals surface area contributed by atoms with Crippen molar-refractivity contribution < 1.29 is 18.0 Å².